The summed E-state index contributed by atoms with van der Waals surface area (Å²) in [4.78, 5) is 15.5. The molecule has 4 heteroatoms. The second-order valence-electron chi connectivity index (χ2n) is 18.2. The molecule has 0 unspecified atom stereocenters. The Morgan fingerprint density at radius 1 is 0.250 bits per heavy atom. The largest absolute Gasteiger partial charge is 0.208 e. The van der Waals surface area contributed by atoms with E-state index in [1.807, 2.05) is 54.6 Å². The Labute approximate surface area is 417 Å². The lowest BCUT2D eigenvalue weighted by Crippen LogP contribution is -2.01. The maximum absolute atomic E-state index is 10.8. The van der Waals surface area contributed by atoms with Gasteiger partial charge in [0.15, 0.2) is 17.5 Å². The Hall–Kier alpha value is -9.82. The predicted octanol–water partition coefficient (Wildman–Crippen LogP) is 17.7. The van der Waals surface area contributed by atoms with Gasteiger partial charge >= 0.3 is 0 Å². The Balaban J connectivity index is 0.891. The summed E-state index contributed by atoms with van der Waals surface area (Å²) in [5.41, 5.74) is 13.5. The molecule has 13 aromatic rings. The van der Waals surface area contributed by atoms with Crippen LogP contribution in [0.1, 0.15) is 5.56 Å². The van der Waals surface area contributed by atoms with E-state index in [0.29, 0.717) is 23.0 Å². The SMILES string of the molecule is N#Cc1cccc(-c2ccccc2-c2nc(-c3ccccc3)nc(-c3ccc(-c4ccc5ccccc5c4)cc3)n2)c1-c1cccc(-c2cccc(-c3ccc4c5ccccc5c5ccccc5c4c3)c2)c1. The van der Waals surface area contributed by atoms with E-state index >= 15 is 0 Å². The lowest BCUT2D eigenvalue weighted by molar-refractivity contribution is 1.07. The molecule has 1 heterocycles. The number of fused-ring (bicyclic) bond motifs is 7. The van der Waals surface area contributed by atoms with E-state index in [4.69, 9.17) is 15.0 Å². The van der Waals surface area contributed by atoms with Crippen molar-refractivity contribution in [2.24, 2.45) is 0 Å². The van der Waals surface area contributed by atoms with Gasteiger partial charge in [-0.1, -0.05) is 224 Å². The highest BCUT2D eigenvalue weighted by molar-refractivity contribution is 6.25. The van der Waals surface area contributed by atoms with E-state index in [1.54, 1.807) is 0 Å². The Kier molecular flexibility index (Phi) is 10.5. The van der Waals surface area contributed by atoms with E-state index in [1.165, 1.54) is 43.1 Å². The monoisotopic (exact) mass is 914 g/mol. The fourth-order valence-electron chi connectivity index (χ4n) is 10.4. The smallest absolute Gasteiger partial charge is 0.164 e. The summed E-state index contributed by atoms with van der Waals surface area (Å²) < 4.78 is 0. The van der Waals surface area contributed by atoms with Crippen LogP contribution >= 0.6 is 0 Å². The number of aromatic nitrogens is 3. The van der Waals surface area contributed by atoms with Crippen LogP contribution in [0.5, 0.6) is 0 Å². The minimum absolute atomic E-state index is 0.543. The molecule has 0 saturated carbocycles. The van der Waals surface area contributed by atoms with Gasteiger partial charge in [0, 0.05) is 22.3 Å². The fourth-order valence-corrected chi connectivity index (χ4v) is 10.4. The first-order valence-electron chi connectivity index (χ1n) is 24.2. The molecule has 0 fully saturated rings. The average molecular weight is 915 g/mol. The van der Waals surface area contributed by atoms with Gasteiger partial charge in [0.2, 0.25) is 0 Å². The number of nitrogens with zero attached hydrogens (tertiary/aromatic N) is 4. The van der Waals surface area contributed by atoms with Crippen LogP contribution in [-0.2, 0) is 0 Å². The quantitative estimate of drug-likeness (QED) is 0.143. The number of nitriles is 1. The van der Waals surface area contributed by atoms with Gasteiger partial charge in [-0.2, -0.15) is 5.26 Å². The van der Waals surface area contributed by atoms with Crippen LogP contribution in [0, 0.1) is 11.3 Å². The number of rotatable bonds is 8. The van der Waals surface area contributed by atoms with Crippen molar-refractivity contribution >= 4 is 43.1 Å². The van der Waals surface area contributed by atoms with Crippen molar-refractivity contribution in [3.05, 3.63) is 260 Å². The molecule has 0 spiro atoms. The van der Waals surface area contributed by atoms with Crippen LogP contribution in [0.3, 0.4) is 0 Å². The van der Waals surface area contributed by atoms with Crippen molar-refractivity contribution in [1.82, 2.24) is 15.0 Å². The highest BCUT2D eigenvalue weighted by Crippen LogP contribution is 2.42. The molecule has 0 saturated heterocycles. The summed E-state index contributed by atoms with van der Waals surface area (Å²) in [7, 11) is 0. The zero-order chi connectivity index (χ0) is 48.0. The first-order valence-corrected chi connectivity index (χ1v) is 24.2. The molecular weight excluding hydrogens is 873 g/mol. The summed E-state index contributed by atoms with van der Waals surface area (Å²) in [5, 5.41) is 20.7. The molecular formula is C68H42N4. The molecule has 0 N–H and O–H groups in total. The molecule has 13 rings (SSSR count). The van der Waals surface area contributed by atoms with Crippen LogP contribution in [-0.4, -0.2) is 15.0 Å². The molecule has 0 aliphatic rings. The predicted molar refractivity (Wildman–Crippen MR) is 298 cm³/mol. The van der Waals surface area contributed by atoms with Crippen molar-refractivity contribution in [3.8, 4) is 95.9 Å². The van der Waals surface area contributed by atoms with Crippen molar-refractivity contribution in [2.75, 3.05) is 0 Å². The third kappa shape index (κ3) is 7.63. The van der Waals surface area contributed by atoms with Gasteiger partial charge < -0.3 is 0 Å². The zero-order valence-corrected chi connectivity index (χ0v) is 39.0. The van der Waals surface area contributed by atoms with Gasteiger partial charge in [0.1, 0.15) is 0 Å². The molecule has 0 atom stereocenters. The zero-order valence-electron chi connectivity index (χ0n) is 39.0. The van der Waals surface area contributed by atoms with E-state index in [2.05, 4.69) is 206 Å². The summed E-state index contributed by atoms with van der Waals surface area (Å²) in [6.07, 6.45) is 0. The van der Waals surface area contributed by atoms with Gasteiger partial charge in [-0.05, 0) is 123 Å². The third-order valence-corrected chi connectivity index (χ3v) is 14.0. The standard InChI is InChI=1S/C68H42N4/c69-43-55-23-14-30-62(65(55)54-22-13-21-51(41-54)49-19-12-20-50(40-49)53-37-38-61-58-26-7-6-24-56(58)57-25-8-9-27-59(57)64(61)42-53)60-28-10-11-29-63(60)68-71-66(46-16-2-1-3-17-46)70-67(72-68)47-34-31-45(32-35-47)52-36-33-44-15-4-5-18-48(44)39-52/h1-42H. The summed E-state index contributed by atoms with van der Waals surface area (Å²) >= 11 is 0. The molecule has 1 aromatic heterocycles. The van der Waals surface area contributed by atoms with Gasteiger partial charge in [0.05, 0.1) is 11.6 Å². The molecule has 334 valence electrons. The summed E-state index contributed by atoms with van der Waals surface area (Å²) in [6, 6.07) is 91.8. The molecule has 0 amide bonds. The fraction of sp³-hybridized carbons (Fsp3) is 0. The average Bonchev–Trinajstić information content (AvgIpc) is 3.47. The van der Waals surface area contributed by atoms with Gasteiger partial charge in [-0.3, -0.25) is 0 Å². The topological polar surface area (TPSA) is 62.5 Å². The van der Waals surface area contributed by atoms with Crippen molar-refractivity contribution in [2.45, 2.75) is 0 Å². The lowest BCUT2D eigenvalue weighted by atomic mass is 9.87. The van der Waals surface area contributed by atoms with E-state index in [9.17, 15) is 5.26 Å². The maximum Gasteiger partial charge on any atom is 0.164 e. The molecule has 12 aromatic carbocycles. The van der Waals surface area contributed by atoms with Crippen molar-refractivity contribution < 1.29 is 0 Å². The third-order valence-electron chi connectivity index (χ3n) is 14.0. The van der Waals surface area contributed by atoms with Crippen LogP contribution in [0.4, 0.5) is 0 Å². The molecule has 0 aliphatic carbocycles. The first kappa shape index (κ1) is 42.3. The number of hydrogen-bond acceptors (Lipinski definition) is 4. The molecule has 0 aliphatic heterocycles. The number of benzene rings is 12. The minimum Gasteiger partial charge on any atom is -0.208 e. The summed E-state index contributed by atoms with van der Waals surface area (Å²) in [6.45, 7) is 0. The Morgan fingerprint density at radius 2 is 0.681 bits per heavy atom. The number of hydrogen-bond donors (Lipinski definition) is 0. The first-order chi connectivity index (χ1) is 35.6. The molecule has 0 bridgehead atoms. The minimum atomic E-state index is 0.543. The van der Waals surface area contributed by atoms with Crippen LogP contribution in [0.15, 0.2) is 255 Å². The van der Waals surface area contributed by atoms with Crippen molar-refractivity contribution in [3.63, 3.8) is 0 Å². The van der Waals surface area contributed by atoms with Gasteiger partial charge in [-0.25, -0.2) is 15.0 Å². The van der Waals surface area contributed by atoms with Crippen LogP contribution in [0.25, 0.3) is 133 Å². The maximum atomic E-state index is 10.8. The molecule has 0 radical (unpaired) electrons. The lowest BCUT2D eigenvalue weighted by Gasteiger charge is -2.17. The highest BCUT2D eigenvalue weighted by Gasteiger charge is 2.20. The van der Waals surface area contributed by atoms with E-state index < -0.39 is 0 Å². The Morgan fingerprint density at radius 3 is 1.36 bits per heavy atom. The van der Waals surface area contributed by atoms with Gasteiger partial charge in [-0.15, -0.1) is 0 Å². The van der Waals surface area contributed by atoms with Gasteiger partial charge in [0.25, 0.3) is 0 Å². The normalized spacial score (nSPS) is 11.3. The van der Waals surface area contributed by atoms with Crippen LogP contribution in [0.2, 0.25) is 0 Å². The van der Waals surface area contributed by atoms with E-state index in [0.717, 1.165) is 72.3 Å². The molecule has 72 heavy (non-hydrogen) atoms. The Bertz CT molecular complexity index is 4250. The van der Waals surface area contributed by atoms with Crippen LogP contribution < -0.4 is 0 Å². The second kappa shape index (κ2) is 17.9. The van der Waals surface area contributed by atoms with Crippen molar-refractivity contribution in [1.29, 1.82) is 5.26 Å². The second-order valence-corrected chi connectivity index (χ2v) is 18.2. The summed E-state index contributed by atoms with van der Waals surface area (Å²) in [5.74, 6) is 1.70. The molecule has 4 nitrogen and oxygen atoms in total. The van der Waals surface area contributed by atoms with E-state index in [-0.39, 0.29) is 0 Å². The highest BCUT2D eigenvalue weighted by atomic mass is 15.0.